The maximum absolute atomic E-state index is 4.95. The predicted octanol–water partition coefficient (Wildman–Crippen LogP) is 5.13. The number of fused-ring (bicyclic) bond motifs is 5. The Balaban J connectivity index is 1.22. The van der Waals surface area contributed by atoms with E-state index in [0.29, 0.717) is 23.9 Å². The quantitative estimate of drug-likeness (QED) is 0.605. The minimum atomic E-state index is 0.448. The zero-order valence-corrected chi connectivity index (χ0v) is 19.4. The van der Waals surface area contributed by atoms with Gasteiger partial charge in [-0.25, -0.2) is 4.98 Å². The van der Waals surface area contributed by atoms with Crippen LogP contribution in [0.4, 0.5) is 0 Å². The fraction of sp³-hybridized carbons (Fsp3) is 0.692. The lowest BCUT2D eigenvalue weighted by atomic mass is 9.73. The molecule has 2 aliphatic heterocycles. The topological polar surface area (TPSA) is 75.5 Å². The standard InChI is InChI=1S/C26H35N7/c1-2-7-18-12-17(6-1)13-21(14-18)32-19-8-5-9-20(32)16-22(15-19)33-24-11-4-3-10-23(24)27-26(33)25-28-30-31-29-25/h3-4,10-11,17-22H,1-2,5-9,12-16H2,(H,28,29,30,31). The highest BCUT2D eigenvalue weighted by Gasteiger charge is 2.45. The summed E-state index contributed by atoms with van der Waals surface area (Å²) in [6.45, 7) is 0. The Morgan fingerprint density at radius 2 is 1.52 bits per heavy atom. The van der Waals surface area contributed by atoms with Crippen molar-refractivity contribution in [3.8, 4) is 11.6 Å². The highest BCUT2D eigenvalue weighted by molar-refractivity contribution is 5.79. The van der Waals surface area contributed by atoms with Crippen molar-refractivity contribution in [2.75, 3.05) is 0 Å². The van der Waals surface area contributed by atoms with E-state index in [4.69, 9.17) is 4.98 Å². The van der Waals surface area contributed by atoms with Gasteiger partial charge >= 0.3 is 0 Å². The second-order valence-electron chi connectivity index (χ2n) is 11.2. The molecule has 174 valence electrons. The number of aromatic nitrogens is 6. The maximum Gasteiger partial charge on any atom is 0.240 e. The molecule has 33 heavy (non-hydrogen) atoms. The number of rotatable bonds is 3. The summed E-state index contributed by atoms with van der Waals surface area (Å²) in [6.07, 6.45) is 16.8. The third kappa shape index (κ3) is 3.50. The molecule has 0 amide bonds. The Hall–Kier alpha value is -2.28. The Morgan fingerprint density at radius 1 is 0.758 bits per heavy atom. The van der Waals surface area contributed by atoms with E-state index in [-0.39, 0.29) is 0 Å². The highest BCUT2D eigenvalue weighted by Crippen LogP contribution is 2.47. The van der Waals surface area contributed by atoms with Crippen molar-refractivity contribution in [3.05, 3.63) is 24.3 Å². The van der Waals surface area contributed by atoms with E-state index in [1.807, 2.05) is 0 Å². The first-order valence-corrected chi connectivity index (χ1v) is 13.3. The first kappa shape index (κ1) is 20.1. The first-order chi connectivity index (χ1) is 16.3. The van der Waals surface area contributed by atoms with Crippen molar-refractivity contribution in [2.45, 2.75) is 101 Å². The Labute approximate surface area is 195 Å². The molecule has 3 aromatic rings. The number of piperidine rings is 2. The molecule has 2 aromatic heterocycles. The number of H-pyrrole nitrogens is 1. The second-order valence-corrected chi connectivity index (χ2v) is 11.2. The minimum Gasteiger partial charge on any atom is -0.318 e. The van der Waals surface area contributed by atoms with Crippen LogP contribution < -0.4 is 0 Å². The zero-order valence-electron chi connectivity index (χ0n) is 19.4. The van der Waals surface area contributed by atoms with Crippen LogP contribution in [0.15, 0.2) is 24.3 Å². The third-order valence-electron chi connectivity index (χ3n) is 9.29. The average molecular weight is 446 g/mol. The normalized spacial score (nSPS) is 34.9. The number of hydrogen-bond acceptors (Lipinski definition) is 5. The molecule has 4 atom stereocenters. The van der Waals surface area contributed by atoms with Crippen LogP contribution in [0.5, 0.6) is 0 Å². The fourth-order valence-corrected chi connectivity index (χ4v) is 8.13. The molecular formula is C26H35N7. The molecule has 4 aliphatic rings. The van der Waals surface area contributed by atoms with Gasteiger partial charge in [-0.1, -0.05) is 44.2 Å². The van der Waals surface area contributed by atoms with Crippen LogP contribution in [-0.4, -0.2) is 53.2 Å². The summed E-state index contributed by atoms with van der Waals surface area (Å²) in [7, 11) is 0. The molecule has 7 nitrogen and oxygen atoms in total. The van der Waals surface area contributed by atoms with Gasteiger partial charge in [0, 0.05) is 24.2 Å². The van der Waals surface area contributed by atoms with Gasteiger partial charge in [0.25, 0.3) is 0 Å². The molecular weight excluding hydrogens is 410 g/mol. The lowest BCUT2D eigenvalue weighted by Crippen LogP contribution is -2.58. The lowest BCUT2D eigenvalue weighted by Gasteiger charge is -2.54. The Kier molecular flexibility index (Phi) is 4.99. The molecule has 7 heteroatoms. The molecule has 1 aromatic carbocycles. The van der Waals surface area contributed by atoms with Crippen molar-refractivity contribution in [1.82, 2.24) is 35.1 Å². The van der Waals surface area contributed by atoms with Crippen LogP contribution in [0.2, 0.25) is 0 Å². The average Bonchev–Trinajstić information content (AvgIpc) is 3.45. The van der Waals surface area contributed by atoms with E-state index < -0.39 is 0 Å². The largest absolute Gasteiger partial charge is 0.318 e. The summed E-state index contributed by atoms with van der Waals surface area (Å²) in [5.74, 6) is 3.44. The SMILES string of the molecule is c1ccc2c(c1)nc(-c1nn[nH]n1)n2C1CC2CCCC(C1)N2C1CC2CCCCC(C2)C1. The van der Waals surface area contributed by atoms with Gasteiger partial charge in [0.15, 0.2) is 5.82 Å². The smallest absolute Gasteiger partial charge is 0.240 e. The van der Waals surface area contributed by atoms with E-state index in [9.17, 15) is 0 Å². The van der Waals surface area contributed by atoms with Crippen LogP contribution in [0.25, 0.3) is 22.7 Å². The molecule has 2 saturated heterocycles. The number of para-hydroxylation sites is 2. The minimum absolute atomic E-state index is 0.448. The maximum atomic E-state index is 4.95. The van der Waals surface area contributed by atoms with E-state index in [1.165, 1.54) is 82.6 Å². The molecule has 4 heterocycles. The van der Waals surface area contributed by atoms with Crippen molar-refractivity contribution in [2.24, 2.45) is 11.8 Å². The van der Waals surface area contributed by atoms with Gasteiger partial charge in [0.2, 0.25) is 5.82 Å². The fourth-order valence-electron chi connectivity index (χ4n) is 8.13. The monoisotopic (exact) mass is 445 g/mol. The first-order valence-electron chi connectivity index (χ1n) is 13.3. The third-order valence-corrected chi connectivity index (χ3v) is 9.29. The summed E-state index contributed by atoms with van der Waals surface area (Å²) in [6, 6.07) is 11.2. The predicted molar refractivity (Wildman–Crippen MR) is 128 cm³/mol. The molecule has 0 radical (unpaired) electrons. The van der Waals surface area contributed by atoms with Crippen molar-refractivity contribution >= 4 is 11.0 Å². The summed E-state index contributed by atoms with van der Waals surface area (Å²) in [5.41, 5.74) is 2.23. The molecule has 4 bridgehead atoms. The summed E-state index contributed by atoms with van der Waals surface area (Å²) in [5, 5.41) is 15.0. The van der Waals surface area contributed by atoms with Gasteiger partial charge < -0.3 is 4.57 Å². The molecule has 7 rings (SSSR count). The van der Waals surface area contributed by atoms with Crippen molar-refractivity contribution < 1.29 is 0 Å². The van der Waals surface area contributed by atoms with Gasteiger partial charge in [-0.3, -0.25) is 4.90 Å². The summed E-state index contributed by atoms with van der Waals surface area (Å²) < 4.78 is 2.45. The zero-order chi connectivity index (χ0) is 21.8. The van der Waals surface area contributed by atoms with Crippen molar-refractivity contribution in [3.63, 3.8) is 0 Å². The van der Waals surface area contributed by atoms with E-state index in [1.54, 1.807) is 0 Å². The van der Waals surface area contributed by atoms with Crippen LogP contribution >= 0.6 is 0 Å². The number of aromatic amines is 1. The molecule has 4 unspecified atom stereocenters. The molecule has 2 aliphatic carbocycles. The number of hydrogen-bond donors (Lipinski definition) is 1. The van der Waals surface area contributed by atoms with Crippen molar-refractivity contribution in [1.29, 1.82) is 0 Å². The number of imidazole rings is 1. The van der Waals surface area contributed by atoms with Gasteiger partial charge in [-0.15, -0.1) is 10.2 Å². The molecule has 1 N–H and O–H groups in total. The number of nitrogens with zero attached hydrogens (tertiary/aromatic N) is 6. The van der Waals surface area contributed by atoms with Crippen LogP contribution in [-0.2, 0) is 0 Å². The molecule has 4 fully saturated rings. The summed E-state index contributed by atoms with van der Waals surface area (Å²) in [4.78, 5) is 7.99. The van der Waals surface area contributed by atoms with Gasteiger partial charge in [0.05, 0.1) is 11.0 Å². The Morgan fingerprint density at radius 3 is 2.24 bits per heavy atom. The van der Waals surface area contributed by atoms with E-state index in [2.05, 4.69) is 54.4 Å². The number of benzene rings is 1. The van der Waals surface area contributed by atoms with E-state index >= 15 is 0 Å². The molecule has 2 saturated carbocycles. The molecule has 0 spiro atoms. The van der Waals surface area contributed by atoms with Gasteiger partial charge in [-0.2, -0.15) is 5.21 Å². The highest BCUT2D eigenvalue weighted by atomic mass is 15.5. The van der Waals surface area contributed by atoms with Gasteiger partial charge in [0.1, 0.15) is 0 Å². The van der Waals surface area contributed by atoms with Crippen LogP contribution in [0.3, 0.4) is 0 Å². The lowest BCUT2D eigenvalue weighted by molar-refractivity contribution is -0.0415. The van der Waals surface area contributed by atoms with E-state index in [0.717, 1.165) is 29.2 Å². The number of nitrogens with one attached hydrogen (secondary N) is 1. The Bertz CT molecular complexity index is 1080. The van der Waals surface area contributed by atoms with Crippen LogP contribution in [0, 0.1) is 11.8 Å². The second kappa shape index (κ2) is 8.19. The van der Waals surface area contributed by atoms with Gasteiger partial charge in [-0.05, 0) is 74.1 Å². The number of tetrazole rings is 1. The van der Waals surface area contributed by atoms with Crippen LogP contribution in [0.1, 0.15) is 83.1 Å². The summed E-state index contributed by atoms with van der Waals surface area (Å²) >= 11 is 0.